The fraction of sp³-hybridized carbons (Fsp3) is 0.364. The van der Waals surface area contributed by atoms with E-state index in [1.165, 1.54) is 4.90 Å². The lowest BCUT2D eigenvalue weighted by Gasteiger charge is -2.35. The van der Waals surface area contributed by atoms with E-state index in [4.69, 9.17) is 4.74 Å². The van der Waals surface area contributed by atoms with Crippen LogP contribution in [0.15, 0.2) is 30.3 Å². The average Bonchev–Trinajstić information content (AvgIpc) is 2.26. The number of benzene rings is 1. The van der Waals surface area contributed by atoms with Gasteiger partial charge in [0.05, 0.1) is 0 Å². The lowest BCUT2D eigenvalue weighted by molar-refractivity contribution is -0.0645. The van der Waals surface area contributed by atoms with Gasteiger partial charge in [-0.05, 0) is 5.56 Å². The standard InChI is InChI=1S/C11H13NO3/c13-10-6-7-12(10)11(14)15-8-9-4-2-1-3-5-9/h1-5,10,13H,6-8H2. The predicted molar refractivity (Wildman–Crippen MR) is 54.0 cm³/mol. The van der Waals surface area contributed by atoms with Gasteiger partial charge < -0.3 is 9.84 Å². The second-order valence-corrected chi connectivity index (χ2v) is 3.50. The fourth-order valence-corrected chi connectivity index (χ4v) is 1.39. The molecule has 1 aliphatic heterocycles. The summed E-state index contributed by atoms with van der Waals surface area (Å²) in [6.45, 7) is 0.831. The molecule has 1 aromatic rings. The maximum Gasteiger partial charge on any atom is 0.412 e. The highest BCUT2D eigenvalue weighted by Crippen LogP contribution is 2.16. The van der Waals surface area contributed by atoms with Gasteiger partial charge in [0, 0.05) is 13.0 Å². The molecule has 1 saturated heterocycles. The number of aliphatic hydroxyl groups excluding tert-OH is 1. The largest absolute Gasteiger partial charge is 0.444 e. The monoisotopic (exact) mass is 207 g/mol. The SMILES string of the molecule is O=C(OCc1ccccc1)N1CCC1O. The highest BCUT2D eigenvalue weighted by atomic mass is 16.6. The van der Waals surface area contributed by atoms with Crippen molar-refractivity contribution in [2.75, 3.05) is 6.54 Å². The van der Waals surface area contributed by atoms with Crippen LogP contribution in [0.1, 0.15) is 12.0 Å². The summed E-state index contributed by atoms with van der Waals surface area (Å²) < 4.78 is 5.03. The number of ether oxygens (including phenoxy) is 1. The van der Waals surface area contributed by atoms with E-state index in [9.17, 15) is 9.90 Å². The number of carbonyl (C=O) groups is 1. The van der Waals surface area contributed by atoms with E-state index >= 15 is 0 Å². The molecule has 0 aromatic heterocycles. The summed E-state index contributed by atoms with van der Waals surface area (Å²) in [6.07, 6.45) is -0.466. The second-order valence-electron chi connectivity index (χ2n) is 3.50. The average molecular weight is 207 g/mol. The third kappa shape index (κ3) is 2.27. The molecule has 4 heteroatoms. The van der Waals surface area contributed by atoms with E-state index in [0.29, 0.717) is 13.0 Å². The van der Waals surface area contributed by atoms with E-state index < -0.39 is 12.3 Å². The number of likely N-dealkylation sites (tertiary alicyclic amines) is 1. The van der Waals surface area contributed by atoms with Gasteiger partial charge in [-0.2, -0.15) is 0 Å². The number of aliphatic hydroxyl groups is 1. The Bertz CT molecular complexity index is 339. The van der Waals surface area contributed by atoms with E-state index in [2.05, 4.69) is 0 Å². The number of rotatable bonds is 2. The van der Waals surface area contributed by atoms with E-state index in [-0.39, 0.29) is 6.61 Å². The molecular formula is C11H13NO3. The first-order chi connectivity index (χ1) is 7.27. The Kier molecular flexibility index (Phi) is 2.87. The quantitative estimate of drug-likeness (QED) is 0.796. The molecule has 4 nitrogen and oxygen atoms in total. The maximum atomic E-state index is 11.4. The smallest absolute Gasteiger partial charge is 0.412 e. The molecule has 1 fully saturated rings. The minimum Gasteiger partial charge on any atom is -0.444 e. The van der Waals surface area contributed by atoms with Crippen molar-refractivity contribution in [1.29, 1.82) is 0 Å². The van der Waals surface area contributed by atoms with Crippen molar-refractivity contribution in [1.82, 2.24) is 4.90 Å². The van der Waals surface area contributed by atoms with Crippen molar-refractivity contribution >= 4 is 6.09 Å². The minimum atomic E-state index is -0.659. The Morgan fingerprint density at radius 1 is 1.47 bits per heavy atom. The number of hydrogen-bond acceptors (Lipinski definition) is 3. The molecule has 15 heavy (non-hydrogen) atoms. The van der Waals surface area contributed by atoms with Gasteiger partial charge in [-0.25, -0.2) is 4.79 Å². The lowest BCUT2D eigenvalue weighted by Crippen LogP contribution is -2.51. The zero-order valence-corrected chi connectivity index (χ0v) is 8.30. The van der Waals surface area contributed by atoms with E-state index in [1.54, 1.807) is 0 Å². The van der Waals surface area contributed by atoms with Crippen molar-refractivity contribution < 1.29 is 14.6 Å². The molecular weight excluding hydrogens is 194 g/mol. The normalized spacial score (nSPS) is 19.5. The molecule has 1 N–H and O–H groups in total. The molecule has 0 bridgehead atoms. The summed E-state index contributed by atoms with van der Waals surface area (Å²) in [5.41, 5.74) is 0.945. The number of hydrogen-bond donors (Lipinski definition) is 1. The molecule has 80 valence electrons. The number of nitrogens with zero attached hydrogens (tertiary/aromatic N) is 1. The third-order valence-corrected chi connectivity index (χ3v) is 2.43. The Balaban J connectivity index is 1.81. The zero-order valence-electron chi connectivity index (χ0n) is 8.30. The van der Waals surface area contributed by atoms with Crippen LogP contribution in [0.2, 0.25) is 0 Å². The van der Waals surface area contributed by atoms with Gasteiger partial charge in [0.1, 0.15) is 12.8 Å². The summed E-state index contributed by atoms with van der Waals surface area (Å²) in [5.74, 6) is 0. The second kappa shape index (κ2) is 4.31. The predicted octanol–water partition coefficient (Wildman–Crippen LogP) is 1.35. The highest BCUT2D eigenvalue weighted by molar-refractivity contribution is 5.68. The van der Waals surface area contributed by atoms with Gasteiger partial charge in [-0.3, -0.25) is 4.90 Å². The van der Waals surface area contributed by atoms with Crippen molar-refractivity contribution in [3.8, 4) is 0 Å². The van der Waals surface area contributed by atoms with Gasteiger partial charge in [0.15, 0.2) is 0 Å². The summed E-state index contributed by atoms with van der Waals surface area (Å²) in [4.78, 5) is 12.7. The first kappa shape index (κ1) is 9.98. The topological polar surface area (TPSA) is 49.8 Å². The fourth-order valence-electron chi connectivity index (χ4n) is 1.39. The van der Waals surface area contributed by atoms with Crippen LogP contribution in [0.5, 0.6) is 0 Å². The summed E-state index contributed by atoms with van der Waals surface area (Å²) in [7, 11) is 0. The van der Waals surface area contributed by atoms with Crippen LogP contribution in [0.25, 0.3) is 0 Å². The van der Waals surface area contributed by atoms with Crippen LogP contribution in [-0.4, -0.2) is 28.9 Å². The van der Waals surface area contributed by atoms with Crippen LogP contribution < -0.4 is 0 Å². The maximum absolute atomic E-state index is 11.4. The summed E-state index contributed by atoms with van der Waals surface area (Å²) in [5, 5.41) is 9.20. The van der Waals surface area contributed by atoms with Gasteiger partial charge in [0.2, 0.25) is 0 Å². The summed E-state index contributed by atoms with van der Waals surface area (Å²) in [6, 6.07) is 9.47. The minimum absolute atomic E-state index is 0.253. The Morgan fingerprint density at radius 3 is 2.73 bits per heavy atom. The molecule has 1 heterocycles. The van der Waals surface area contributed by atoms with E-state index in [0.717, 1.165) is 5.56 Å². The van der Waals surface area contributed by atoms with Crippen molar-refractivity contribution in [2.24, 2.45) is 0 Å². The van der Waals surface area contributed by atoms with Crippen LogP contribution in [0.4, 0.5) is 4.79 Å². The van der Waals surface area contributed by atoms with Gasteiger partial charge in [-0.15, -0.1) is 0 Å². The molecule has 1 amide bonds. The first-order valence-corrected chi connectivity index (χ1v) is 4.93. The van der Waals surface area contributed by atoms with Gasteiger partial charge in [0.25, 0.3) is 0 Å². The van der Waals surface area contributed by atoms with Crippen LogP contribution in [-0.2, 0) is 11.3 Å². The Labute approximate surface area is 88.1 Å². The van der Waals surface area contributed by atoms with Gasteiger partial charge in [-0.1, -0.05) is 30.3 Å². The first-order valence-electron chi connectivity index (χ1n) is 4.93. The van der Waals surface area contributed by atoms with Crippen molar-refractivity contribution in [3.63, 3.8) is 0 Å². The van der Waals surface area contributed by atoms with Crippen LogP contribution in [0, 0.1) is 0 Å². The van der Waals surface area contributed by atoms with E-state index in [1.807, 2.05) is 30.3 Å². The Hall–Kier alpha value is -1.55. The Morgan fingerprint density at radius 2 is 2.20 bits per heavy atom. The van der Waals surface area contributed by atoms with Gasteiger partial charge >= 0.3 is 6.09 Å². The lowest BCUT2D eigenvalue weighted by atomic mass is 10.2. The molecule has 1 aliphatic rings. The molecule has 0 saturated carbocycles. The molecule has 2 rings (SSSR count). The molecule has 1 aromatic carbocycles. The number of carbonyl (C=O) groups excluding carboxylic acids is 1. The summed E-state index contributed by atoms with van der Waals surface area (Å²) >= 11 is 0. The molecule has 1 atom stereocenters. The molecule has 0 aliphatic carbocycles. The zero-order chi connectivity index (χ0) is 10.7. The molecule has 0 radical (unpaired) electrons. The van der Waals surface area contributed by atoms with Crippen molar-refractivity contribution in [2.45, 2.75) is 19.3 Å². The molecule has 1 unspecified atom stereocenters. The van der Waals surface area contributed by atoms with Crippen LogP contribution >= 0.6 is 0 Å². The van der Waals surface area contributed by atoms with Crippen molar-refractivity contribution in [3.05, 3.63) is 35.9 Å². The third-order valence-electron chi connectivity index (χ3n) is 2.43. The van der Waals surface area contributed by atoms with Crippen LogP contribution in [0.3, 0.4) is 0 Å². The number of amides is 1. The highest BCUT2D eigenvalue weighted by Gasteiger charge is 2.31. The molecule has 0 spiro atoms.